The quantitative estimate of drug-likeness (QED) is 0.0929. The van der Waals surface area contributed by atoms with Crippen LogP contribution in [0.5, 0.6) is 11.5 Å². The average Bonchev–Trinajstić information content (AvgIpc) is 3.67. The molecule has 3 N–H and O–H groups in total. The predicted octanol–water partition coefficient (Wildman–Crippen LogP) is 8.06. The van der Waals surface area contributed by atoms with Gasteiger partial charge < -0.3 is 19.8 Å². The van der Waals surface area contributed by atoms with Gasteiger partial charge in [0.15, 0.2) is 11.5 Å². The number of aryl methyl sites for hydroxylation is 2. The van der Waals surface area contributed by atoms with Gasteiger partial charge in [-0.3, -0.25) is 14.3 Å². The number of amides is 1. The molecule has 290 valence electrons. The molecule has 4 aromatic carbocycles. The lowest BCUT2D eigenvalue weighted by Gasteiger charge is -2.24. The predicted molar refractivity (Wildman–Crippen MR) is 219 cm³/mol. The van der Waals surface area contributed by atoms with Gasteiger partial charge in [0.2, 0.25) is 10.0 Å². The first-order valence-corrected chi connectivity index (χ1v) is 20.1. The number of nitrogens with one attached hydrogen (secondary N) is 3. The van der Waals surface area contributed by atoms with Gasteiger partial charge in [0.05, 0.1) is 49.3 Å². The second-order valence-electron chi connectivity index (χ2n) is 14.8. The van der Waals surface area contributed by atoms with Crippen LogP contribution in [0.3, 0.4) is 0 Å². The molecular weight excluding hydrogens is 729 g/mol. The highest BCUT2D eigenvalue weighted by molar-refractivity contribution is 7.92. The van der Waals surface area contributed by atoms with E-state index in [-0.39, 0.29) is 28.5 Å². The van der Waals surface area contributed by atoms with Crippen LogP contribution >= 0.6 is 0 Å². The van der Waals surface area contributed by atoms with Gasteiger partial charge in [-0.1, -0.05) is 39.0 Å². The van der Waals surface area contributed by atoms with Crippen LogP contribution in [-0.4, -0.2) is 60.5 Å². The number of methoxy groups -OCH3 is 2. The number of H-pyrrole nitrogens is 1. The number of fused-ring (bicyclic) bond motifs is 1. The molecule has 0 unspecified atom stereocenters. The minimum atomic E-state index is -3.63. The number of rotatable bonds is 14. The van der Waals surface area contributed by atoms with Crippen molar-refractivity contribution in [3.05, 3.63) is 125 Å². The van der Waals surface area contributed by atoms with Crippen LogP contribution in [0, 0.1) is 6.92 Å². The van der Waals surface area contributed by atoms with E-state index in [1.807, 2.05) is 76.2 Å². The number of hydrogen-bond donors (Lipinski definition) is 3. The van der Waals surface area contributed by atoms with E-state index >= 15 is 0 Å². The Bertz CT molecular complexity index is 2530. The number of ketones is 1. The second-order valence-corrected chi connectivity index (χ2v) is 16.6. The average molecular weight is 775 g/mol. The van der Waals surface area contributed by atoms with Crippen molar-refractivity contribution in [1.29, 1.82) is 0 Å². The van der Waals surface area contributed by atoms with Gasteiger partial charge in [0.25, 0.3) is 5.91 Å². The van der Waals surface area contributed by atoms with Crippen molar-refractivity contribution in [1.82, 2.24) is 19.9 Å². The van der Waals surface area contributed by atoms with Crippen molar-refractivity contribution in [2.75, 3.05) is 30.5 Å². The molecule has 2 aromatic heterocycles. The molecule has 6 rings (SSSR count). The number of carbonyl (C=O) groups is 2. The summed E-state index contributed by atoms with van der Waals surface area (Å²) in [5.41, 5.74) is 7.42. The summed E-state index contributed by atoms with van der Waals surface area (Å²) in [7, 11) is -0.635. The number of ether oxygens (including phenoxy) is 2. The van der Waals surface area contributed by atoms with E-state index in [1.165, 1.54) is 7.11 Å². The Kier molecular flexibility index (Phi) is 11.6. The third-order valence-corrected chi connectivity index (χ3v) is 10.1. The third-order valence-electron chi connectivity index (χ3n) is 9.48. The van der Waals surface area contributed by atoms with Gasteiger partial charge in [0.1, 0.15) is 11.6 Å². The fraction of sp³-hybridized carbons (Fsp3) is 0.279. The molecule has 56 heavy (non-hydrogen) atoms. The summed E-state index contributed by atoms with van der Waals surface area (Å²) in [5, 5.41) is 3.79. The molecule has 0 atom stereocenters. The largest absolute Gasteiger partial charge is 0.496 e. The third kappa shape index (κ3) is 9.40. The molecule has 0 saturated heterocycles. The minimum Gasteiger partial charge on any atom is -0.496 e. The number of anilines is 2. The standard InChI is InChI=1S/C43H46N6O6S/c1-26-11-13-29(42(51)48-36-21-31(43(2,3)4)22-37(41(36)55-6)49-56(7,52)53)20-34(26)28-14-16-35-30(19-28)23-45-40(47-35)18-27-12-15-33(39(17-27)54-5)38(50)10-8-9-32-24-44-25-46-32/h11-17,19-25,49H,8-10,18H2,1-7H3,(H,44,46)(H,48,51). The number of nitrogens with zero attached hydrogens (tertiary/aromatic N) is 3. The van der Waals surface area contributed by atoms with Crippen LogP contribution in [0.2, 0.25) is 0 Å². The van der Waals surface area contributed by atoms with Gasteiger partial charge in [0, 0.05) is 41.9 Å². The number of sulfonamides is 1. The maximum Gasteiger partial charge on any atom is 0.255 e. The zero-order chi connectivity index (χ0) is 40.2. The molecule has 6 aromatic rings. The lowest BCUT2D eigenvalue weighted by molar-refractivity contribution is 0.0975. The summed E-state index contributed by atoms with van der Waals surface area (Å²) >= 11 is 0. The summed E-state index contributed by atoms with van der Waals surface area (Å²) in [6.07, 6.45) is 8.56. The van der Waals surface area contributed by atoms with Crippen molar-refractivity contribution in [3.63, 3.8) is 0 Å². The molecule has 0 aliphatic rings. The molecule has 13 heteroatoms. The van der Waals surface area contributed by atoms with Gasteiger partial charge in [-0.25, -0.2) is 23.4 Å². The van der Waals surface area contributed by atoms with Crippen molar-refractivity contribution < 1.29 is 27.5 Å². The molecule has 0 radical (unpaired) electrons. The second kappa shape index (κ2) is 16.3. The Morgan fingerprint density at radius 2 is 1.70 bits per heavy atom. The number of aromatic nitrogens is 4. The first-order chi connectivity index (χ1) is 26.6. The highest BCUT2D eigenvalue weighted by Gasteiger charge is 2.23. The van der Waals surface area contributed by atoms with Crippen LogP contribution in [-0.2, 0) is 28.3 Å². The molecular formula is C43H46N6O6S. The van der Waals surface area contributed by atoms with Crippen molar-refractivity contribution in [3.8, 4) is 22.6 Å². The Labute approximate surface area is 327 Å². The molecule has 0 bridgehead atoms. The molecule has 0 aliphatic heterocycles. The molecule has 0 saturated carbocycles. The number of imidazole rings is 1. The fourth-order valence-corrected chi connectivity index (χ4v) is 7.05. The summed E-state index contributed by atoms with van der Waals surface area (Å²) in [4.78, 5) is 43.3. The van der Waals surface area contributed by atoms with Gasteiger partial charge in [-0.15, -0.1) is 0 Å². The molecule has 1 amide bonds. The summed E-state index contributed by atoms with van der Waals surface area (Å²) in [6.45, 7) is 7.98. The van der Waals surface area contributed by atoms with E-state index in [1.54, 1.807) is 44.0 Å². The number of Topliss-reactive ketones (excluding diaryl/α,β-unsaturated/α-hetero) is 1. The zero-order valence-corrected chi connectivity index (χ0v) is 33.4. The van der Waals surface area contributed by atoms with Crippen LogP contribution in [0.25, 0.3) is 22.0 Å². The Hall–Kier alpha value is -6.08. The zero-order valence-electron chi connectivity index (χ0n) is 32.6. The van der Waals surface area contributed by atoms with Crippen molar-refractivity contribution in [2.45, 2.75) is 58.8 Å². The van der Waals surface area contributed by atoms with Crippen molar-refractivity contribution >= 4 is 44.0 Å². The normalized spacial score (nSPS) is 11.7. The summed E-state index contributed by atoms with van der Waals surface area (Å²) < 4.78 is 38.1. The number of aromatic amines is 1. The lowest BCUT2D eigenvalue weighted by atomic mass is 9.86. The van der Waals surface area contributed by atoms with Crippen LogP contribution in [0.15, 0.2) is 85.5 Å². The maximum absolute atomic E-state index is 13.8. The van der Waals surface area contributed by atoms with E-state index in [2.05, 4.69) is 25.0 Å². The van der Waals surface area contributed by atoms with Crippen molar-refractivity contribution in [2.24, 2.45) is 0 Å². The summed E-state index contributed by atoms with van der Waals surface area (Å²) in [6, 6.07) is 20.5. The highest BCUT2D eigenvalue weighted by Crippen LogP contribution is 2.39. The van der Waals surface area contributed by atoms with Crippen LogP contribution in [0.4, 0.5) is 11.4 Å². The first-order valence-electron chi connectivity index (χ1n) is 18.2. The monoisotopic (exact) mass is 774 g/mol. The minimum absolute atomic E-state index is 0.0243. The lowest BCUT2D eigenvalue weighted by Crippen LogP contribution is -2.18. The van der Waals surface area contributed by atoms with E-state index in [9.17, 15) is 18.0 Å². The molecule has 0 fully saturated rings. The van der Waals surface area contributed by atoms with Crippen LogP contribution in [0.1, 0.15) is 82.5 Å². The Morgan fingerprint density at radius 1 is 0.911 bits per heavy atom. The topological polar surface area (TPSA) is 165 Å². The smallest absolute Gasteiger partial charge is 0.255 e. The first kappa shape index (κ1) is 39.6. The Balaban J connectivity index is 1.20. The van der Waals surface area contributed by atoms with Gasteiger partial charge >= 0.3 is 0 Å². The molecule has 0 aliphatic carbocycles. The van der Waals surface area contributed by atoms with Gasteiger partial charge in [-0.05, 0) is 102 Å². The van der Waals surface area contributed by atoms with E-state index in [0.717, 1.165) is 57.1 Å². The Morgan fingerprint density at radius 3 is 2.39 bits per heavy atom. The molecule has 0 spiro atoms. The fourth-order valence-electron chi connectivity index (χ4n) is 6.50. The van der Waals surface area contributed by atoms with Gasteiger partial charge in [-0.2, -0.15) is 0 Å². The number of carbonyl (C=O) groups excluding carboxylic acids is 2. The number of hydrogen-bond acceptors (Lipinski definition) is 9. The maximum atomic E-state index is 13.8. The highest BCUT2D eigenvalue weighted by atomic mass is 32.2. The van der Waals surface area contributed by atoms with Crippen LogP contribution < -0.4 is 19.5 Å². The van der Waals surface area contributed by atoms with E-state index in [0.29, 0.717) is 47.7 Å². The molecule has 12 nitrogen and oxygen atoms in total. The number of benzene rings is 4. The summed E-state index contributed by atoms with van der Waals surface area (Å²) in [5.74, 6) is 1.00. The van der Waals surface area contributed by atoms with E-state index < -0.39 is 10.0 Å². The SMILES string of the molecule is COc1cc(Cc2ncc3cc(-c4cc(C(=O)Nc5cc(C(C)(C)C)cc(NS(C)(=O)=O)c5OC)ccc4C)ccc3n2)ccc1C(=O)CCCc1cnc[nH]1. The van der Waals surface area contributed by atoms with E-state index in [4.69, 9.17) is 14.5 Å². The molecule has 2 heterocycles.